The summed E-state index contributed by atoms with van der Waals surface area (Å²) in [4.78, 5) is 2.13. The van der Waals surface area contributed by atoms with E-state index in [4.69, 9.17) is 0 Å². The SMILES string of the molecule is C=CCCCCCN1C[C@@H](O)[C@@H](O)C1. The first-order valence-corrected chi connectivity index (χ1v) is 5.43. The lowest BCUT2D eigenvalue weighted by Crippen LogP contribution is -2.23. The van der Waals surface area contributed by atoms with Gasteiger partial charge in [-0.15, -0.1) is 6.58 Å². The Morgan fingerprint density at radius 2 is 1.79 bits per heavy atom. The number of aliphatic hydroxyl groups excluding tert-OH is 2. The summed E-state index contributed by atoms with van der Waals surface area (Å²) in [7, 11) is 0. The Morgan fingerprint density at radius 1 is 1.14 bits per heavy atom. The van der Waals surface area contributed by atoms with E-state index < -0.39 is 12.2 Å². The first-order valence-electron chi connectivity index (χ1n) is 5.43. The summed E-state index contributed by atoms with van der Waals surface area (Å²) in [6, 6.07) is 0. The highest BCUT2D eigenvalue weighted by molar-refractivity contribution is 4.82. The number of nitrogens with zero attached hydrogens (tertiary/aromatic N) is 1. The van der Waals surface area contributed by atoms with Crippen LogP contribution in [-0.4, -0.2) is 47.0 Å². The fourth-order valence-electron chi connectivity index (χ4n) is 1.83. The van der Waals surface area contributed by atoms with Gasteiger partial charge < -0.3 is 10.2 Å². The molecule has 0 spiro atoms. The number of rotatable bonds is 6. The number of unbranched alkanes of at least 4 members (excludes halogenated alkanes) is 3. The van der Waals surface area contributed by atoms with E-state index in [2.05, 4.69) is 11.5 Å². The molecule has 0 radical (unpaired) electrons. The molecule has 1 saturated heterocycles. The smallest absolute Gasteiger partial charge is 0.0938 e. The number of hydrogen-bond donors (Lipinski definition) is 2. The third-order valence-electron chi connectivity index (χ3n) is 2.72. The van der Waals surface area contributed by atoms with Gasteiger partial charge in [0.2, 0.25) is 0 Å². The van der Waals surface area contributed by atoms with Crippen LogP contribution in [0.2, 0.25) is 0 Å². The fourth-order valence-corrected chi connectivity index (χ4v) is 1.83. The zero-order valence-electron chi connectivity index (χ0n) is 8.73. The minimum absolute atomic E-state index is 0.539. The number of β-amino-alcohol motifs (C(OH)–C–C–N with tert-alkyl or cyclic N) is 2. The molecule has 1 rings (SSSR count). The Bertz CT molecular complexity index is 163. The molecule has 0 saturated carbocycles. The second kappa shape index (κ2) is 6.17. The van der Waals surface area contributed by atoms with E-state index in [-0.39, 0.29) is 0 Å². The van der Waals surface area contributed by atoms with Crippen molar-refractivity contribution in [3.05, 3.63) is 12.7 Å². The van der Waals surface area contributed by atoms with Crippen LogP contribution >= 0.6 is 0 Å². The second-order valence-corrected chi connectivity index (χ2v) is 4.03. The van der Waals surface area contributed by atoms with E-state index in [0.29, 0.717) is 13.1 Å². The van der Waals surface area contributed by atoms with E-state index in [0.717, 1.165) is 19.4 Å². The van der Waals surface area contributed by atoms with Crippen LogP contribution in [0.3, 0.4) is 0 Å². The molecule has 0 aliphatic carbocycles. The van der Waals surface area contributed by atoms with E-state index in [1.54, 1.807) is 0 Å². The van der Waals surface area contributed by atoms with Gasteiger partial charge in [0, 0.05) is 13.1 Å². The number of hydrogen-bond acceptors (Lipinski definition) is 3. The van der Waals surface area contributed by atoms with Crippen LogP contribution in [0.4, 0.5) is 0 Å². The fraction of sp³-hybridized carbons (Fsp3) is 0.818. The quantitative estimate of drug-likeness (QED) is 0.490. The topological polar surface area (TPSA) is 43.7 Å². The lowest BCUT2D eigenvalue weighted by Gasteiger charge is -2.13. The minimum Gasteiger partial charge on any atom is -0.389 e. The van der Waals surface area contributed by atoms with E-state index in [1.165, 1.54) is 12.8 Å². The molecule has 0 unspecified atom stereocenters. The molecule has 1 aliphatic rings. The molecule has 0 amide bonds. The Hall–Kier alpha value is -0.380. The molecule has 1 heterocycles. The highest BCUT2D eigenvalue weighted by atomic mass is 16.3. The van der Waals surface area contributed by atoms with Crippen molar-refractivity contribution >= 4 is 0 Å². The van der Waals surface area contributed by atoms with Crippen molar-refractivity contribution in [2.24, 2.45) is 0 Å². The molecule has 1 aliphatic heterocycles. The maximum atomic E-state index is 9.30. The van der Waals surface area contributed by atoms with E-state index in [1.807, 2.05) is 6.08 Å². The molecule has 82 valence electrons. The van der Waals surface area contributed by atoms with Gasteiger partial charge in [-0.1, -0.05) is 12.5 Å². The summed E-state index contributed by atoms with van der Waals surface area (Å²) in [6.07, 6.45) is 5.50. The highest BCUT2D eigenvalue weighted by Gasteiger charge is 2.28. The largest absolute Gasteiger partial charge is 0.389 e. The first kappa shape index (κ1) is 11.7. The third-order valence-corrected chi connectivity index (χ3v) is 2.72. The second-order valence-electron chi connectivity index (χ2n) is 4.03. The summed E-state index contributed by atoms with van der Waals surface area (Å²) in [5.41, 5.74) is 0. The molecule has 0 bridgehead atoms. The summed E-state index contributed by atoms with van der Waals surface area (Å²) >= 11 is 0. The zero-order chi connectivity index (χ0) is 10.4. The minimum atomic E-state index is -0.539. The zero-order valence-corrected chi connectivity index (χ0v) is 8.73. The van der Waals surface area contributed by atoms with E-state index in [9.17, 15) is 10.2 Å². The maximum Gasteiger partial charge on any atom is 0.0938 e. The van der Waals surface area contributed by atoms with Crippen LogP contribution in [0.1, 0.15) is 25.7 Å². The van der Waals surface area contributed by atoms with Crippen molar-refractivity contribution < 1.29 is 10.2 Å². The van der Waals surface area contributed by atoms with Gasteiger partial charge in [-0.25, -0.2) is 0 Å². The van der Waals surface area contributed by atoms with Crippen molar-refractivity contribution in [3.63, 3.8) is 0 Å². The number of allylic oxidation sites excluding steroid dienone is 1. The predicted molar refractivity (Wildman–Crippen MR) is 57.1 cm³/mol. The molecule has 3 heteroatoms. The van der Waals surface area contributed by atoms with Gasteiger partial charge in [0.25, 0.3) is 0 Å². The van der Waals surface area contributed by atoms with Crippen molar-refractivity contribution in [1.82, 2.24) is 4.90 Å². The molecule has 2 atom stereocenters. The molecule has 0 aromatic rings. The summed E-state index contributed by atoms with van der Waals surface area (Å²) in [5.74, 6) is 0. The summed E-state index contributed by atoms with van der Waals surface area (Å²) in [5, 5.41) is 18.6. The molecule has 0 aromatic heterocycles. The van der Waals surface area contributed by atoms with Crippen molar-refractivity contribution in [2.75, 3.05) is 19.6 Å². The monoisotopic (exact) mass is 199 g/mol. The van der Waals surface area contributed by atoms with Crippen LogP contribution in [0.5, 0.6) is 0 Å². The summed E-state index contributed by atoms with van der Waals surface area (Å²) in [6.45, 7) is 5.93. The van der Waals surface area contributed by atoms with Gasteiger partial charge >= 0.3 is 0 Å². The normalized spacial score (nSPS) is 28.1. The van der Waals surface area contributed by atoms with Crippen molar-refractivity contribution in [3.8, 4) is 0 Å². The highest BCUT2D eigenvalue weighted by Crippen LogP contribution is 2.11. The lowest BCUT2D eigenvalue weighted by atomic mass is 10.2. The molecular formula is C11H21NO2. The van der Waals surface area contributed by atoms with Crippen LogP contribution in [0.25, 0.3) is 0 Å². The van der Waals surface area contributed by atoms with Crippen molar-refractivity contribution in [1.29, 1.82) is 0 Å². The molecule has 2 N–H and O–H groups in total. The molecule has 1 fully saturated rings. The van der Waals surface area contributed by atoms with Gasteiger partial charge in [0.05, 0.1) is 12.2 Å². The van der Waals surface area contributed by atoms with Gasteiger partial charge in [-0.2, -0.15) is 0 Å². The van der Waals surface area contributed by atoms with Gasteiger partial charge in [0.1, 0.15) is 0 Å². The molecule has 0 aromatic carbocycles. The van der Waals surface area contributed by atoms with Crippen molar-refractivity contribution in [2.45, 2.75) is 37.9 Å². The Balaban J connectivity index is 2.00. The van der Waals surface area contributed by atoms with Crippen LogP contribution in [-0.2, 0) is 0 Å². The van der Waals surface area contributed by atoms with Gasteiger partial charge in [-0.05, 0) is 25.8 Å². The van der Waals surface area contributed by atoms with Crippen LogP contribution in [0.15, 0.2) is 12.7 Å². The van der Waals surface area contributed by atoms with Crippen LogP contribution in [0, 0.1) is 0 Å². The van der Waals surface area contributed by atoms with Gasteiger partial charge in [-0.3, -0.25) is 4.90 Å². The Morgan fingerprint density at radius 3 is 2.36 bits per heavy atom. The Kier molecular flexibility index (Phi) is 5.15. The molecular weight excluding hydrogens is 178 g/mol. The standard InChI is InChI=1S/C11H21NO2/c1-2-3-4-5-6-7-12-8-10(13)11(14)9-12/h2,10-11,13-14H,1,3-9H2/t10-,11+. The van der Waals surface area contributed by atoms with E-state index >= 15 is 0 Å². The number of aliphatic hydroxyl groups is 2. The van der Waals surface area contributed by atoms with Crippen LogP contribution < -0.4 is 0 Å². The maximum absolute atomic E-state index is 9.30. The van der Waals surface area contributed by atoms with Gasteiger partial charge in [0.15, 0.2) is 0 Å². The Labute approximate surface area is 86.0 Å². The molecule has 14 heavy (non-hydrogen) atoms. The average molecular weight is 199 g/mol. The predicted octanol–water partition coefficient (Wildman–Crippen LogP) is 0.770. The number of likely N-dealkylation sites (tertiary alicyclic amines) is 1. The summed E-state index contributed by atoms with van der Waals surface area (Å²) < 4.78 is 0. The average Bonchev–Trinajstić information content (AvgIpc) is 2.46. The lowest BCUT2D eigenvalue weighted by molar-refractivity contribution is 0.0572. The molecule has 3 nitrogen and oxygen atoms in total. The third kappa shape index (κ3) is 3.78. The first-order chi connectivity index (χ1) is 6.74.